The molecule has 0 aromatic carbocycles. The molecule has 0 spiro atoms. The molecular weight excluding hydrogens is 220 g/mol. The maximum absolute atomic E-state index is 11.6. The summed E-state index contributed by atoms with van der Waals surface area (Å²) in [6.45, 7) is 5.90. The van der Waals surface area contributed by atoms with Crippen LogP contribution >= 0.6 is 0 Å². The number of nitrogens with one attached hydrogen (secondary N) is 1. The summed E-state index contributed by atoms with van der Waals surface area (Å²) < 4.78 is 4.75. The van der Waals surface area contributed by atoms with Gasteiger partial charge in [0.2, 0.25) is 5.91 Å². The third-order valence-corrected chi connectivity index (χ3v) is 2.60. The van der Waals surface area contributed by atoms with E-state index in [-0.39, 0.29) is 18.3 Å². The van der Waals surface area contributed by atoms with Crippen LogP contribution in [0.5, 0.6) is 0 Å². The van der Waals surface area contributed by atoms with Crippen LogP contribution in [0, 0.1) is 16.7 Å². The van der Waals surface area contributed by atoms with Crippen LogP contribution in [0.15, 0.2) is 0 Å². The molecule has 0 radical (unpaired) electrons. The summed E-state index contributed by atoms with van der Waals surface area (Å²) in [5, 5.41) is 11.5. The van der Waals surface area contributed by atoms with Crippen molar-refractivity contribution in [3.05, 3.63) is 0 Å². The Kier molecular flexibility index (Phi) is 6.95. The Balaban J connectivity index is 3.87. The molecular formula is C12H20N2O3. The number of carbonyl (C=O) groups excluding carboxylic acids is 2. The second-order valence-electron chi connectivity index (χ2n) is 3.96. The number of hydrogen-bond donors (Lipinski definition) is 1. The average Bonchev–Trinajstić information content (AvgIpc) is 2.33. The lowest BCUT2D eigenvalue weighted by Crippen LogP contribution is -2.38. The zero-order valence-corrected chi connectivity index (χ0v) is 10.7. The Morgan fingerprint density at radius 1 is 1.41 bits per heavy atom. The smallest absolute Gasteiger partial charge is 0.305 e. The lowest BCUT2D eigenvalue weighted by Gasteiger charge is -2.18. The summed E-state index contributed by atoms with van der Waals surface area (Å²) in [5.41, 5.74) is -0.982. The Labute approximate surface area is 102 Å². The fourth-order valence-electron chi connectivity index (χ4n) is 1.15. The van der Waals surface area contributed by atoms with Crippen LogP contribution < -0.4 is 5.32 Å². The molecule has 0 aliphatic heterocycles. The summed E-state index contributed by atoms with van der Waals surface area (Å²) in [5.74, 6) is -0.549. The van der Waals surface area contributed by atoms with E-state index in [0.29, 0.717) is 26.0 Å². The normalized spacial score (nSPS) is 13.3. The summed E-state index contributed by atoms with van der Waals surface area (Å²) in [6, 6.07) is 1.99. The SMILES string of the molecule is CCOC(=O)CCCNC(=O)C(C)(C#N)CC. The topological polar surface area (TPSA) is 79.2 Å². The van der Waals surface area contributed by atoms with Crippen LogP contribution in [0.4, 0.5) is 0 Å². The van der Waals surface area contributed by atoms with Crippen molar-refractivity contribution in [2.75, 3.05) is 13.2 Å². The number of ether oxygens (including phenoxy) is 1. The molecule has 5 heteroatoms. The molecule has 0 aromatic heterocycles. The Hall–Kier alpha value is -1.57. The molecule has 0 heterocycles. The minimum atomic E-state index is -0.982. The Bertz CT molecular complexity index is 309. The van der Waals surface area contributed by atoms with E-state index in [1.165, 1.54) is 0 Å². The summed E-state index contributed by atoms with van der Waals surface area (Å²) >= 11 is 0. The van der Waals surface area contributed by atoms with Crippen molar-refractivity contribution in [3.63, 3.8) is 0 Å². The first-order chi connectivity index (χ1) is 8.00. The molecule has 0 fully saturated rings. The molecule has 1 unspecified atom stereocenters. The molecule has 1 N–H and O–H groups in total. The van der Waals surface area contributed by atoms with Gasteiger partial charge in [-0.1, -0.05) is 6.92 Å². The van der Waals surface area contributed by atoms with E-state index in [9.17, 15) is 9.59 Å². The number of hydrogen-bond acceptors (Lipinski definition) is 4. The van der Waals surface area contributed by atoms with Gasteiger partial charge in [0, 0.05) is 13.0 Å². The van der Waals surface area contributed by atoms with Gasteiger partial charge in [0.25, 0.3) is 0 Å². The monoisotopic (exact) mass is 240 g/mol. The van der Waals surface area contributed by atoms with E-state index in [1.54, 1.807) is 20.8 Å². The lowest BCUT2D eigenvalue weighted by atomic mass is 9.88. The van der Waals surface area contributed by atoms with Gasteiger partial charge in [-0.05, 0) is 26.7 Å². The molecule has 5 nitrogen and oxygen atoms in total. The van der Waals surface area contributed by atoms with Gasteiger partial charge in [-0.2, -0.15) is 5.26 Å². The fraction of sp³-hybridized carbons (Fsp3) is 0.750. The van der Waals surface area contributed by atoms with Crippen molar-refractivity contribution in [3.8, 4) is 6.07 Å². The van der Waals surface area contributed by atoms with Crippen molar-refractivity contribution in [1.29, 1.82) is 5.26 Å². The zero-order chi connectivity index (χ0) is 13.3. The summed E-state index contributed by atoms with van der Waals surface area (Å²) in [4.78, 5) is 22.7. The molecule has 0 aliphatic rings. The number of nitrogens with zero attached hydrogens (tertiary/aromatic N) is 1. The highest BCUT2D eigenvalue weighted by Crippen LogP contribution is 2.19. The lowest BCUT2D eigenvalue weighted by molar-refractivity contribution is -0.143. The van der Waals surface area contributed by atoms with E-state index in [1.807, 2.05) is 6.07 Å². The average molecular weight is 240 g/mol. The number of rotatable bonds is 7. The molecule has 0 aliphatic carbocycles. The largest absolute Gasteiger partial charge is 0.466 e. The first-order valence-electron chi connectivity index (χ1n) is 5.85. The second-order valence-corrected chi connectivity index (χ2v) is 3.96. The maximum atomic E-state index is 11.6. The molecule has 0 rings (SSSR count). The quantitative estimate of drug-likeness (QED) is 0.538. The van der Waals surface area contributed by atoms with Crippen molar-refractivity contribution in [1.82, 2.24) is 5.32 Å². The van der Waals surface area contributed by atoms with Gasteiger partial charge in [0.05, 0.1) is 12.7 Å². The van der Waals surface area contributed by atoms with E-state index in [2.05, 4.69) is 5.32 Å². The highest BCUT2D eigenvalue weighted by molar-refractivity contribution is 5.84. The number of nitriles is 1. The van der Waals surface area contributed by atoms with Gasteiger partial charge in [0.15, 0.2) is 0 Å². The summed E-state index contributed by atoms with van der Waals surface area (Å²) in [6.07, 6.45) is 1.27. The molecule has 1 atom stereocenters. The van der Waals surface area contributed by atoms with E-state index in [4.69, 9.17) is 10.00 Å². The van der Waals surface area contributed by atoms with Crippen molar-refractivity contribution < 1.29 is 14.3 Å². The second kappa shape index (κ2) is 7.66. The zero-order valence-electron chi connectivity index (χ0n) is 10.7. The van der Waals surface area contributed by atoms with Crippen LogP contribution in [0.25, 0.3) is 0 Å². The molecule has 0 saturated carbocycles. The molecule has 96 valence electrons. The third-order valence-electron chi connectivity index (χ3n) is 2.60. The Morgan fingerprint density at radius 3 is 2.53 bits per heavy atom. The van der Waals surface area contributed by atoms with Crippen LogP contribution in [-0.4, -0.2) is 25.0 Å². The van der Waals surface area contributed by atoms with Gasteiger partial charge in [-0.3, -0.25) is 9.59 Å². The first-order valence-corrected chi connectivity index (χ1v) is 5.85. The Morgan fingerprint density at radius 2 is 2.06 bits per heavy atom. The van der Waals surface area contributed by atoms with Crippen molar-refractivity contribution >= 4 is 11.9 Å². The van der Waals surface area contributed by atoms with Gasteiger partial charge >= 0.3 is 5.97 Å². The maximum Gasteiger partial charge on any atom is 0.305 e. The van der Waals surface area contributed by atoms with Crippen LogP contribution in [0.2, 0.25) is 0 Å². The molecule has 0 bridgehead atoms. The van der Waals surface area contributed by atoms with E-state index < -0.39 is 5.41 Å². The predicted molar refractivity (Wildman–Crippen MR) is 62.9 cm³/mol. The highest BCUT2D eigenvalue weighted by Gasteiger charge is 2.30. The standard InChI is InChI=1S/C12H20N2O3/c1-4-12(3,9-13)11(16)14-8-6-7-10(15)17-5-2/h4-8H2,1-3H3,(H,14,16). The summed E-state index contributed by atoms with van der Waals surface area (Å²) in [7, 11) is 0. The van der Waals surface area contributed by atoms with E-state index >= 15 is 0 Å². The highest BCUT2D eigenvalue weighted by atomic mass is 16.5. The fourth-order valence-corrected chi connectivity index (χ4v) is 1.15. The van der Waals surface area contributed by atoms with Crippen LogP contribution in [0.3, 0.4) is 0 Å². The third kappa shape index (κ3) is 5.34. The molecule has 0 aromatic rings. The minimum Gasteiger partial charge on any atom is -0.466 e. The first kappa shape index (κ1) is 15.4. The molecule has 1 amide bonds. The molecule has 0 saturated heterocycles. The van der Waals surface area contributed by atoms with Crippen LogP contribution in [-0.2, 0) is 14.3 Å². The number of amides is 1. The number of esters is 1. The van der Waals surface area contributed by atoms with Gasteiger partial charge in [0.1, 0.15) is 5.41 Å². The predicted octanol–water partition coefficient (Wildman–Crippen LogP) is 1.39. The van der Waals surface area contributed by atoms with E-state index in [0.717, 1.165) is 0 Å². The van der Waals surface area contributed by atoms with Crippen molar-refractivity contribution in [2.45, 2.75) is 40.0 Å². The van der Waals surface area contributed by atoms with Gasteiger partial charge in [-0.25, -0.2) is 0 Å². The van der Waals surface area contributed by atoms with Gasteiger partial charge < -0.3 is 10.1 Å². The number of carbonyl (C=O) groups is 2. The minimum absolute atomic E-state index is 0.264. The van der Waals surface area contributed by atoms with Gasteiger partial charge in [-0.15, -0.1) is 0 Å². The molecule has 17 heavy (non-hydrogen) atoms. The van der Waals surface area contributed by atoms with Crippen molar-refractivity contribution in [2.24, 2.45) is 5.41 Å². The van der Waals surface area contributed by atoms with Crippen LogP contribution in [0.1, 0.15) is 40.0 Å².